The number of aromatic nitrogens is 3. The first-order chi connectivity index (χ1) is 10.1. The lowest BCUT2D eigenvalue weighted by atomic mass is 10.2. The Hall–Kier alpha value is -1.64. The zero-order chi connectivity index (χ0) is 14.8. The number of nitrogens with one attached hydrogen (secondary N) is 1. The molecule has 3 aromatic rings. The molecule has 0 aliphatic heterocycles. The van der Waals surface area contributed by atoms with Crippen LogP contribution in [-0.2, 0) is 0 Å². The maximum Gasteiger partial charge on any atom is 0.216 e. The molecule has 1 aromatic carbocycles. The van der Waals surface area contributed by atoms with E-state index in [1.807, 2.05) is 17.5 Å². The van der Waals surface area contributed by atoms with Gasteiger partial charge in [0, 0.05) is 10.0 Å². The van der Waals surface area contributed by atoms with Gasteiger partial charge in [0.05, 0.1) is 11.1 Å². The Morgan fingerprint density at radius 1 is 1.43 bits per heavy atom. The van der Waals surface area contributed by atoms with Gasteiger partial charge in [0.2, 0.25) is 4.77 Å². The average molecular weight is 383 g/mol. The molecule has 0 bridgehead atoms. The van der Waals surface area contributed by atoms with Crippen LogP contribution in [0.25, 0.3) is 10.7 Å². The number of halogens is 2. The molecule has 0 aliphatic carbocycles. The lowest BCUT2D eigenvalue weighted by molar-refractivity contribution is 0.625. The van der Waals surface area contributed by atoms with E-state index in [-0.39, 0.29) is 5.82 Å². The largest absolute Gasteiger partial charge is 0.250 e. The van der Waals surface area contributed by atoms with Crippen molar-refractivity contribution in [2.75, 3.05) is 0 Å². The van der Waals surface area contributed by atoms with E-state index in [4.69, 9.17) is 12.2 Å². The van der Waals surface area contributed by atoms with Crippen LogP contribution in [0.15, 0.2) is 45.3 Å². The van der Waals surface area contributed by atoms with Crippen molar-refractivity contribution in [3.05, 3.63) is 56.3 Å². The Bertz CT molecular complexity index is 851. The van der Waals surface area contributed by atoms with Gasteiger partial charge in [0.1, 0.15) is 5.82 Å². The monoisotopic (exact) mass is 382 g/mol. The summed E-state index contributed by atoms with van der Waals surface area (Å²) in [5, 5.41) is 13.0. The molecule has 0 amide bonds. The van der Waals surface area contributed by atoms with Crippen molar-refractivity contribution in [3.63, 3.8) is 0 Å². The van der Waals surface area contributed by atoms with Crippen molar-refractivity contribution < 1.29 is 4.39 Å². The third-order valence-electron chi connectivity index (χ3n) is 2.66. The molecule has 1 N–H and O–H groups in total. The number of H-pyrrole nitrogens is 1. The van der Waals surface area contributed by atoms with Crippen molar-refractivity contribution in [1.82, 2.24) is 14.9 Å². The van der Waals surface area contributed by atoms with E-state index >= 15 is 0 Å². The van der Waals surface area contributed by atoms with Crippen molar-refractivity contribution in [2.45, 2.75) is 0 Å². The SMILES string of the molecule is Fc1ccc(Br)cc1/C=N/n1c(-c2cccs2)n[nH]c1=S. The number of nitrogens with zero attached hydrogens (tertiary/aromatic N) is 3. The topological polar surface area (TPSA) is 46.0 Å². The zero-order valence-electron chi connectivity index (χ0n) is 10.5. The Labute approximate surface area is 137 Å². The quantitative estimate of drug-likeness (QED) is 0.537. The van der Waals surface area contributed by atoms with Gasteiger partial charge in [-0.05, 0) is 41.9 Å². The summed E-state index contributed by atoms with van der Waals surface area (Å²) in [5.74, 6) is 0.247. The van der Waals surface area contributed by atoms with Gasteiger partial charge in [-0.3, -0.25) is 0 Å². The maximum absolute atomic E-state index is 13.7. The first-order valence-corrected chi connectivity index (χ1v) is 7.94. The minimum Gasteiger partial charge on any atom is -0.250 e. The van der Waals surface area contributed by atoms with Crippen molar-refractivity contribution in [3.8, 4) is 10.7 Å². The molecule has 8 heteroatoms. The normalized spacial score (nSPS) is 11.3. The third kappa shape index (κ3) is 3.02. The van der Waals surface area contributed by atoms with Gasteiger partial charge < -0.3 is 0 Å². The second-order valence-electron chi connectivity index (χ2n) is 4.05. The molecule has 2 heterocycles. The number of benzene rings is 1. The highest BCUT2D eigenvalue weighted by Crippen LogP contribution is 2.22. The average Bonchev–Trinajstić information content (AvgIpc) is 3.09. The van der Waals surface area contributed by atoms with Crippen LogP contribution >= 0.6 is 39.5 Å². The fraction of sp³-hybridized carbons (Fsp3) is 0. The minimum atomic E-state index is -0.352. The van der Waals surface area contributed by atoms with Gasteiger partial charge in [-0.25, -0.2) is 9.49 Å². The first kappa shape index (κ1) is 14.3. The van der Waals surface area contributed by atoms with Crippen LogP contribution in [0, 0.1) is 10.6 Å². The molecule has 4 nitrogen and oxygen atoms in total. The van der Waals surface area contributed by atoms with Crippen LogP contribution in [0.1, 0.15) is 5.56 Å². The molecule has 0 saturated carbocycles. The summed E-state index contributed by atoms with van der Waals surface area (Å²) in [6, 6.07) is 8.49. The molecule has 0 radical (unpaired) electrons. The summed E-state index contributed by atoms with van der Waals surface area (Å²) in [6.45, 7) is 0. The highest BCUT2D eigenvalue weighted by molar-refractivity contribution is 9.10. The van der Waals surface area contributed by atoms with Crippen LogP contribution < -0.4 is 0 Å². The Kier molecular flexibility index (Phi) is 4.09. The number of rotatable bonds is 3. The van der Waals surface area contributed by atoms with Crippen molar-refractivity contribution in [2.24, 2.45) is 5.10 Å². The fourth-order valence-electron chi connectivity index (χ4n) is 1.70. The van der Waals surface area contributed by atoms with Crippen molar-refractivity contribution >= 4 is 45.7 Å². The Balaban J connectivity index is 2.02. The van der Waals surface area contributed by atoms with E-state index in [9.17, 15) is 4.39 Å². The second-order valence-corrected chi connectivity index (χ2v) is 6.30. The molecule has 0 saturated heterocycles. The van der Waals surface area contributed by atoms with Gasteiger partial charge in [-0.2, -0.15) is 14.9 Å². The molecule has 0 fully saturated rings. The predicted octanol–water partition coefficient (Wildman–Crippen LogP) is 4.45. The third-order valence-corrected chi connectivity index (χ3v) is 4.29. The maximum atomic E-state index is 13.7. The molecule has 3 rings (SSSR count). The summed E-state index contributed by atoms with van der Waals surface area (Å²) in [7, 11) is 0. The van der Waals surface area contributed by atoms with Gasteiger partial charge in [0.15, 0.2) is 5.82 Å². The zero-order valence-corrected chi connectivity index (χ0v) is 13.7. The number of thiophene rings is 1. The molecule has 0 aliphatic rings. The predicted molar refractivity (Wildman–Crippen MR) is 87.8 cm³/mol. The molecule has 21 heavy (non-hydrogen) atoms. The van der Waals surface area contributed by atoms with Crippen LogP contribution in [0.4, 0.5) is 4.39 Å². The van der Waals surface area contributed by atoms with Crippen LogP contribution in [0.3, 0.4) is 0 Å². The second kappa shape index (κ2) is 6.00. The molecule has 0 unspecified atom stereocenters. The summed E-state index contributed by atoms with van der Waals surface area (Å²) in [6.07, 6.45) is 1.42. The summed E-state index contributed by atoms with van der Waals surface area (Å²) in [5.41, 5.74) is 0.365. The summed E-state index contributed by atoms with van der Waals surface area (Å²) < 4.78 is 16.3. The minimum absolute atomic E-state index is 0.352. The highest BCUT2D eigenvalue weighted by atomic mass is 79.9. The summed E-state index contributed by atoms with van der Waals surface area (Å²) >= 11 is 9.98. The Morgan fingerprint density at radius 3 is 3.05 bits per heavy atom. The van der Waals surface area contributed by atoms with Crippen LogP contribution in [-0.4, -0.2) is 21.1 Å². The van der Waals surface area contributed by atoms with Gasteiger partial charge in [0.25, 0.3) is 0 Å². The lowest BCUT2D eigenvalue weighted by Crippen LogP contribution is -1.95. The lowest BCUT2D eigenvalue weighted by Gasteiger charge is -1.99. The number of aromatic amines is 1. The van der Waals surface area contributed by atoms with E-state index in [1.54, 1.807) is 12.1 Å². The Morgan fingerprint density at radius 2 is 2.29 bits per heavy atom. The molecular weight excluding hydrogens is 375 g/mol. The molecular formula is C13H8BrFN4S2. The van der Waals surface area contributed by atoms with E-state index in [1.165, 1.54) is 28.3 Å². The van der Waals surface area contributed by atoms with Gasteiger partial charge in [-0.15, -0.1) is 11.3 Å². The standard InChI is InChI=1S/C13H8BrFN4S2/c14-9-3-4-10(15)8(6-9)7-16-19-12(17-18-13(19)20)11-2-1-5-21-11/h1-7H,(H,18,20)/b16-7+. The first-order valence-electron chi connectivity index (χ1n) is 5.86. The summed E-state index contributed by atoms with van der Waals surface area (Å²) in [4.78, 5) is 0.925. The molecule has 0 spiro atoms. The highest BCUT2D eigenvalue weighted by Gasteiger charge is 2.09. The van der Waals surface area contributed by atoms with Gasteiger partial charge in [-0.1, -0.05) is 22.0 Å². The molecule has 2 aromatic heterocycles. The fourth-order valence-corrected chi connectivity index (χ4v) is 2.95. The molecule has 0 atom stereocenters. The van der Waals surface area contributed by atoms with E-state index in [0.29, 0.717) is 16.2 Å². The van der Waals surface area contributed by atoms with Crippen LogP contribution in [0.5, 0.6) is 0 Å². The number of hydrogen-bond donors (Lipinski definition) is 1. The van der Waals surface area contributed by atoms with E-state index in [0.717, 1.165) is 9.35 Å². The van der Waals surface area contributed by atoms with Crippen LogP contribution in [0.2, 0.25) is 0 Å². The van der Waals surface area contributed by atoms with E-state index < -0.39 is 0 Å². The molecule has 106 valence electrons. The van der Waals surface area contributed by atoms with Gasteiger partial charge >= 0.3 is 0 Å². The van der Waals surface area contributed by atoms with Crippen molar-refractivity contribution in [1.29, 1.82) is 0 Å². The van der Waals surface area contributed by atoms with E-state index in [2.05, 4.69) is 31.2 Å². The number of hydrogen-bond acceptors (Lipinski definition) is 4. The smallest absolute Gasteiger partial charge is 0.216 e.